The summed E-state index contributed by atoms with van der Waals surface area (Å²) in [4.78, 5) is 0. The summed E-state index contributed by atoms with van der Waals surface area (Å²) in [5, 5.41) is 0.807. The fourth-order valence-electron chi connectivity index (χ4n) is 2.45. The monoisotopic (exact) mass is 336 g/mol. The summed E-state index contributed by atoms with van der Waals surface area (Å²) in [6, 6.07) is 5.45. The van der Waals surface area contributed by atoms with Crippen LogP contribution in [0.4, 0.5) is 13.2 Å². The van der Waals surface area contributed by atoms with Crippen LogP contribution in [0.2, 0.25) is 0 Å². The van der Waals surface area contributed by atoms with Crippen molar-refractivity contribution in [2.75, 3.05) is 18.5 Å². The smallest absolute Gasteiger partial charge is 0.381 e. The van der Waals surface area contributed by atoms with Crippen LogP contribution < -0.4 is 0 Å². The van der Waals surface area contributed by atoms with Crippen molar-refractivity contribution in [2.45, 2.75) is 25.4 Å². The number of rotatable bonds is 3. The third-order valence-corrected chi connectivity index (χ3v) is 4.74. The molecule has 1 saturated heterocycles. The summed E-state index contributed by atoms with van der Waals surface area (Å²) in [6.07, 6.45) is -1.47. The van der Waals surface area contributed by atoms with E-state index in [1.54, 1.807) is 12.1 Å². The van der Waals surface area contributed by atoms with Gasteiger partial charge in [0.25, 0.3) is 0 Å². The molecule has 19 heavy (non-hydrogen) atoms. The highest BCUT2D eigenvalue weighted by Gasteiger charge is 2.33. The molecular weight excluding hydrogens is 321 g/mol. The molecule has 0 radical (unpaired) electrons. The van der Waals surface area contributed by atoms with Gasteiger partial charge in [-0.3, -0.25) is 0 Å². The Balaban J connectivity index is 2.10. The minimum absolute atomic E-state index is 0.0119. The van der Waals surface area contributed by atoms with Gasteiger partial charge < -0.3 is 4.74 Å². The molecule has 0 amide bonds. The topological polar surface area (TPSA) is 9.23 Å². The van der Waals surface area contributed by atoms with Crippen molar-refractivity contribution in [1.82, 2.24) is 0 Å². The lowest BCUT2D eigenvalue weighted by atomic mass is 9.79. The van der Waals surface area contributed by atoms with Gasteiger partial charge in [-0.05, 0) is 37.0 Å². The Morgan fingerprint density at radius 3 is 2.37 bits per heavy atom. The Morgan fingerprint density at radius 2 is 1.89 bits per heavy atom. The van der Waals surface area contributed by atoms with Crippen LogP contribution in [-0.4, -0.2) is 18.5 Å². The van der Waals surface area contributed by atoms with Crippen molar-refractivity contribution in [2.24, 2.45) is 5.41 Å². The molecule has 1 aromatic rings. The Hall–Kier alpha value is -0.550. The van der Waals surface area contributed by atoms with E-state index in [-0.39, 0.29) is 5.41 Å². The van der Waals surface area contributed by atoms with Crippen molar-refractivity contribution in [3.8, 4) is 0 Å². The first kappa shape index (κ1) is 14.9. The summed E-state index contributed by atoms with van der Waals surface area (Å²) >= 11 is 3.51. The van der Waals surface area contributed by atoms with Gasteiger partial charge in [0.15, 0.2) is 0 Å². The van der Waals surface area contributed by atoms with E-state index in [4.69, 9.17) is 4.74 Å². The van der Waals surface area contributed by atoms with E-state index in [1.165, 1.54) is 0 Å². The number of benzene rings is 1. The van der Waals surface area contributed by atoms with Crippen LogP contribution in [0.1, 0.15) is 24.0 Å². The molecule has 1 aromatic carbocycles. The van der Waals surface area contributed by atoms with Gasteiger partial charge in [-0.15, -0.1) is 0 Å². The van der Waals surface area contributed by atoms with Crippen molar-refractivity contribution in [3.63, 3.8) is 0 Å². The van der Waals surface area contributed by atoms with E-state index >= 15 is 0 Å². The summed E-state index contributed by atoms with van der Waals surface area (Å²) in [5.41, 5.74) is 0.347. The number of halogens is 4. The molecule has 0 spiro atoms. The number of hydrogen-bond acceptors (Lipinski definition) is 1. The van der Waals surface area contributed by atoms with Gasteiger partial charge in [0.1, 0.15) is 0 Å². The maximum atomic E-state index is 12.5. The van der Waals surface area contributed by atoms with Crippen molar-refractivity contribution < 1.29 is 17.9 Å². The molecule has 5 heteroatoms. The third kappa shape index (κ3) is 3.72. The molecule has 1 nitrogen and oxygen atoms in total. The van der Waals surface area contributed by atoms with Gasteiger partial charge in [0.2, 0.25) is 0 Å². The molecule has 1 unspecified atom stereocenters. The molecule has 1 fully saturated rings. The predicted molar refractivity (Wildman–Crippen MR) is 71.4 cm³/mol. The van der Waals surface area contributed by atoms with Gasteiger partial charge in [0.05, 0.1) is 12.2 Å². The lowest BCUT2D eigenvalue weighted by Crippen LogP contribution is -2.35. The largest absolute Gasteiger partial charge is 0.416 e. The van der Waals surface area contributed by atoms with Gasteiger partial charge in [-0.1, -0.05) is 28.1 Å². The Kier molecular flexibility index (Phi) is 4.56. The van der Waals surface area contributed by atoms with Gasteiger partial charge >= 0.3 is 6.18 Å². The van der Waals surface area contributed by atoms with E-state index in [1.807, 2.05) is 0 Å². The molecule has 2 rings (SSSR count). The maximum absolute atomic E-state index is 12.5. The quantitative estimate of drug-likeness (QED) is 0.741. The highest BCUT2D eigenvalue weighted by molar-refractivity contribution is 9.09. The molecule has 0 aliphatic carbocycles. The van der Waals surface area contributed by atoms with Crippen LogP contribution in [0.25, 0.3) is 0 Å². The standard InChI is InChI=1S/C14H16BrF3O/c15-9-13(6-1-7-19-10-13)8-11-2-4-12(5-3-11)14(16,17)18/h2-5H,1,6-10H2. The second-order valence-corrected chi connectivity index (χ2v) is 5.72. The highest BCUT2D eigenvalue weighted by atomic mass is 79.9. The zero-order valence-corrected chi connectivity index (χ0v) is 12.1. The van der Waals surface area contributed by atoms with Gasteiger partial charge in [-0.25, -0.2) is 0 Å². The molecule has 106 valence electrons. The SMILES string of the molecule is FC(F)(F)c1ccc(CC2(CBr)CCCOC2)cc1. The van der Waals surface area contributed by atoms with Crippen molar-refractivity contribution in [3.05, 3.63) is 35.4 Å². The molecular formula is C14H16BrF3O. The third-order valence-electron chi connectivity index (χ3n) is 3.55. The Bertz CT molecular complexity index is 408. The highest BCUT2D eigenvalue weighted by Crippen LogP contribution is 2.35. The van der Waals surface area contributed by atoms with E-state index in [9.17, 15) is 13.2 Å². The predicted octanol–water partition coefficient (Wildman–Crippen LogP) is 4.44. The average molecular weight is 337 g/mol. The van der Waals surface area contributed by atoms with Crippen LogP contribution in [0.5, 0.6) is 0 Å². The molecule has 0 saturated carbocycles. The van der Waals surface area contributed by atoms with Crippen molar-refractivity contribution >= 4 is 15.9 Å². The number of ether oxygens (including phenoxy) is 1. The van der Waals surface area contributed by atoms with E-state index in [2.05, 4.69) is 15.9 Å². The first-order chi connectivity index (χ1) is 8.95. The van der Waals surface area contributed by atoms with Crippen LogP contribution in [0.15, 0.2) is 24.3 Å². The Morgan fingerprint density at radius 1 is 1.21 bits per heavy atom. The molecule has 0 bridgehead atoms. The number of alkyl halides is 4. The van der Waals surface area contributed by atoms with Crippen LogP contribution in [0, 0.1) is 5.41 Å². The summed E-state index contributed by atoms with van der Waals surface area (Å²) in [6.45, 7) is 1.45. The normalized spacial score (nSPS) is 24.4. The fraction of sp³-hybridized carbons (Fsp3) is 0.571. The zero-order valence-electron chi connectivity index (χ0n) is 10.5. The van der Waals surface area contributed by atoms with E-state index in [0.717, 1.165) is 48.9 Å². The Labute approximate surface area is 119 Å². The van der Waals surface area contributed by atoms with Gasteiger partial charge in [-0.2, -0.15) is 13.2 Å². The lowest BCUT2D eigenvalue weighted by molar-refractivity contribution is -0.137. The van der Waals surface area contributed by atoms with Crippen LogP contribution >= 0.6 is 15.9 Å². The second kappa shape index (κ2) is 5.83. The molecule has 0 N–H and O–H groups in total. The average Bonchev–Trinajstić information content (AvgIpc) is 2.39. The van der Waals surface area contributed by atoms with Crippen LogP contribution in [-0.2, 0) is 17.3 Å². The zero-order chi connectivity index (χ0) is 13.9. The number of hydrogen-bond donors (Lipinski definition) is 0. The van der Waals surface area contributed by atoms with Gasteiger partial charge in [0, 0.05) is 17.4 Å². The maximum Gasteiger partial charge on any atom is 0.416 e. The minimum Gasteiger partial charge on any atom is -0.381 e. The fourth-order valence-corrected chi connectivity index (χ4v) is 3.09. The van der Waals surface area contributed by atoms with Crippen LogP contribution in [0.3, 0.4) is 0 Å². The molecule has 1 aliphatic rings. The molecule has 1 heterocycles. The molecule has 1 atom stereocenters. The molecule has 1 aliphatic heterocycles. The summed E-state index contributed by atoms with van der Waals surface area (Å²) < 4.78 is 43.0. The first-order valence-corrected chi connectivity index (χ1v) is 7.37. The van der Waals surface area contributed by atoms with E-state index in [0.29, 0.717) is 6.61 Å². The molecule has 0 aromatic heterocycles. The lowest BCUT2D eigenvalue weighted by Gasteiger charge is -2.35. The summed E-state index contributed by atoms with van der Waals surface area (Å²) in [7, 11) is 0. The van der Waals surface area contributed by atoms with Crippen molar-refractivity contribution in [1.29, 1.82) is 0 Å². The second-order valence-electron chi connectivity index (χ2n) is 5.16. The first-order valence-electron chi connectivity index (χ1n) is 6.25. The summed E-state index contributed by atoms with van der Waals surface area (Å²) in [5.74, 6) is 0. The van der Waals surface area contributed by atoms with E-state index < -0.39 is 11.7 Å². The minimum atomic E-state index is -4.26.